The standard InChI is InChI=1S/C18H23ClN2O2/c19-15-7-3-4-13(10-15)8-9-21-12-16(11-17(21)22)20-18(23)14-5-1-2-6-14/h3-4,7,10,14,16H,1-2,5-6,8-9,11-12H2,(H,20,23)/t16-/m0/s1. The summed E-state index contributed by atoms with van der Waals surface area (Å²) in [5, 5.41) is 3.79. The van der Waals surface area contributed by atoms with Crippen molar-refractivity contribution in [3.05, 3.63) is 34.9 Å². The number of benzene rings is 1. The zero-order chi connectivity index (χ0) is 16.2. The van der Waals surface area contributed by atoms with Gasteiger partial charge in [-0.05, 0) is 37.0 Å². The van der Waals surface area contributed by atoms with Crippen LogP contribution in [0.25, 0.3) is 0 Å². The quantitative estimate of drug-likeness (QED) is 0.900. The Hall–Kier alpha value is -1.55. The van der Waals surface area contributed by atoms with E-state index in [4.69, 9.17) is 11.6 Å². The van der Waals surface area contributed by atoms with Crippen LogP contribution in [0.3, 0.4) is 0 Å². The molecular formula is C18H23ClN2O2. The number of hydrogen-bond donors (Lipinski definition) is 1. The lowest BCUT2D eigenvalue weighted by atomic mass is 10.1. The van der Waals surface area contributed by atoms with Crippen LogP contribution in [0, 0.1) is 5.92 Å². The van der Waals surface area contributed by atoms with E-state index in [1.165, 1.54) is 0 Å². The first kappa shape index (κ1) is 16.3. The largest absolute Gasteiger partial charge is 0.351 e. The van der Waals surface area contributed by atoms with E-state index in [1.54, 1.807) is 0 Å². The molecule has 23 heavy (non-hydrogen) atoms. The first-order chi connectivity index (χ1) is 11.1. The smallest absolute Gasteiger partial charge is 0.224 e. The normalized spacial score (nSPS) is 21.9. The van der Waals surface area contributed by atoms with Crippen molar-refractivity contribution in [3.8, 4) is 0 Å². The van der Waals surface area contributed by atoms with Crippen molar-refractivity contribution in [3.63, 3.8) is 0 Å². The molecule has 1 aliphatic heterocycles. The maximum Gasteiger partial charge on any atom is 0.224 e. The molecule has 0 bridgehead atoms. The van der Waals surface area contributed by atoms with Crippen LogP contribution in [0.15, 0.2) is 24.3 Å². The van der Waals surface area contributed by atoms with Gasteiger partial charge in [0.1, 0.15) is 0 Å². The Morgan fingerprint density at radius 1 is 1.30 bits per heavy atom. The molecule has 5 heteroatoms. The third kappa shape index (κ3) is 4.25. The topological polar surface area (TPSA) is 49.4 Å². The molecule has 3 rings (SSSR count). The van der Waals surface area contributed by atoms with E-state index in [-0.39, 0.29) is 23.8 Å². The molecular weight excluding hydrogens is 312 g/mol. The van der Waals surface area contributed by atoms with Gasteiger partial charge >= 0.3 is 0 Å². The van der Waals surface area contributed by atoms with E-state index in [0.717, 1.165) is 42.7 Å². The van der Waals surface area contributed by atoms with Gasteiger partial charge in [0.05, 0.1) is 6.04 Å². The molecule has 1 aromatic carbocycles. The Morgan fingerprint density at radius 3 is 2.83 bits per heavy atom. The van der Waals surface area contributed by atoms with Crippen LogP contribution in [0.5, 0.6) is 0 Å². The molecule has 0 unspecified atom stereocenters. The minimum atomic E-state index is -0.0324. The maximum atomic E-state index is 12.2. The predicted octanol–water partition coefficient (Wildman–Crippen LogP) is 2.79. The summed E-state index contributed by atoms with van der Waals surface area (Å²) in [6.07, 6.45) is 5.49. The summed E-state index contributed by atoms with van der Waals surface area (Å²) in [6.45, 7) is 1.30. The average molecular weight is 335 g/mol. The van der Waals surface area contributed by atoms with Gasteiger partial charge in [0.15, 0.2) is 0 Å². The lowest BCUT2D eigenvalue weighted by Crippen LogP contribution is -2.40. The highest BCUT2D eigenvalue weighted by molar-refractivity contribution is 6.30. The van der Waals surface area contributed by atoms with E-state index >= 15 is 0 Å². The molecule has 1 heterocycles. The highest BCUT2D eigenvalue weighted by atomic mass is 35.5. The highest BCUT2D eigenvalue weighted by Gasteiger charge is 2.32. The molecule has 0 spiro atoms. The van der Waals surface area contributed by atoms with Crippen LogP contribution < -0.4 is 5.32 Å². The first-order valence-corrected chi connectivity index (χ1v) is 8.82. The van der Waals surface area contributed by atoms with Gasteiger partial charge < -0.3 is 10.2 Å². The summed E-state index contributed by atoms with van der Waals surface area (Å²) in [7, 11) is 0. The monoisotopic (exact) mass is 334 g/mol. The van der Waals surface area contributed by atoms with E-state index in [2.05, 4.69) is 5.32 Å². The van der Waals surface area contributed by atoms with E-state index in [1.807, 2.05) is 29.2 Å². The minimum Gasteiger partial charge on any atom is -0.351 e. The summed E-state index contributed by atoms with van der Waals surface area (Å²) >= 11 is 5.98. The van der Waals surface area contributed by atoms with Gasteiger partial charge in [-0.2, -0.15) is 0 Å². The zero-order valence-electron chi connectivity index (χ0n) is 13.3. The Morgan fingerprint density at radius 2 is 2.09 bits per heavy atom. The molecule has 0 radical (unpaired) electrons. The molecule has 4 nitrogen and oxygen atoms in total. The van der Waals surface area contributed by atoms with Crippen LogP contribution in [0.1, 0.15) is 37.7 Å². The second-order valence-corrected chi connectivity index (χ2v) is 7.05. The second-order valence-electron chi connectivity index (χ2n) is 6.61. The summed E-state index contributed by atoms with van der Waals surface area (Å²) in [4.78, 5) is 26.1. The van der Waals surface area contributed by atoms with Crippen molar-refractivity contribution < 1.29 is 9.59 Å². The summed E-state index contributed by atoms with van der Waals surface area (Å²) < 4.78 is 0. The summed E-state index contributed by atoms with van der Waals surface area (Å²) in [5.41, 5.74) is 1.13. The molecule has 2 fully saturated rings. The Kier molecular flexibility index (Phi) is 5.21. The molecule has 1 saturated heterocycles. The lowest BCUT2D eigenvalue weighted by molar-refractivity contribution is -0.127. The summed E-state index contributed by atoms with van der Waals surface area (Å²) in [5.74, 6) is 0.423. The molecule has 2 aliphatic rings. The number of carbonyl (C=O) groups is 2. The molecule has 2 amide bonds. The SMILES string of the molecule is O=C(N[C@H]1CC(=O)N(CCc2cccc(Cl)c2)C1)C1CCCC1. The third-order valence-electron chi connectivity index (χ3n) is 4.85. The number of likely N-dealkylation sites (tertiary alicyclic amines) is 1. The molecule has 1 saturated carbocycles. The van der Waals surface area contributed by atoms with Crippen molar-refractivity contribution in [2.75, 3.05) is 13.1 Å². The van der Waals surface area contributed by atoms with Crippen molar-refractivity contribution in [1.82, 2.24) is 10.2 Å². The van der Waals surface area contributed by atoms with Gasteiger partial charge in [0.25, 0.3) is 0 Å². The van der Waals surface area contributed by atoms with Gasteiger partial charge in [-0.25, -0.2) is 0 Å². The van der Waals surface area contributed by atoms with Crippen LogP contribution >= 0.6 is 11.6 Å². The van der Waals surface area contributed by atoms with Crippen LogP contribution in [0.4, 0.5) is 0 Å². The molecule has 0 aromatic heterocycles. The highest BCUT2D eigenvalue weighted by Crippen LogP contribution is 2.25. The van der Waals surface area contributed by atoms with Gasteiger partial charge in [-0.1, -0.05) is 36.6 Å². The van der Waals surface area contributed by atoms with E-state index < -0.39 is 0 Å². The molecule has 1 aromatic rings. The number of carbonyl (C=O) groups excluding carboxylic acids is 2. The fourth-order valence-corrected chi connectivity index (χ4v) is 3.76. The third-order valence-corrected chi connectivity index (χ3v) is 5.08. The predicted molar refractivity (Wildman–Crippen MR) is 90.2 cm³/mol. The Bertz CT molecular complexity index is 584. The average Bonchev–Trinajstić information content (AvgIpc) is 3.15. The second kappa shape index (κ2) is 7.35. The minimum absolute atomic E-state index is 0.0324. The van der Waals surface area contributed by atoms with Crippen molar-refractivity contribution >= 4 is 23.4 Å². The fourth-order valence-electron chi connectivity index (χ4n) is 3.55. The number of amides is 2. The van der Waals surface area contributed by atoms with Gasteiger partial charge in [-0.15, -0.1) is 0 Å². The first-order valence-electron chi connectivity index (χ1n) is 8.44. The van der Waals surface area contributed by atoms with Gasteiger partial charge in [0.2, 0.25) is 11.8 Å². The zero-order valence-corrected chi connectivity index (χ0v) is 14.0. The maximum absolute atomic E-state index is 12.2. The van der Waals surface area contributed by atoms with Crippen LogP contribution in [-0.2, 0) is 16.0 Å². The van der Waals surface area contributed by atoms with Gasteiger partial charge in [-0.3, -0.25) is 9.59 Å². The molecule has 1 aliphatic carbocycles. The van der Waals surface area contributed by atoms with Crippen molar-refractivity contribution in [2.24, 2.45) is 5.92 Å². The molecule has 124 valence electrons. The number of nitrogens with zero attached hydrogens (tertiary/aromatic N) is 1. The van der Waals surface area contributed by atoms with Crippen molar-refractivity contribution in [2.45, 2.75) is 44.6 Å². The number of hydrogen-bond acceptors (Lipinski definition) is 2. The van der Waals surface area contributed by atoms with Crippen molar-refractivity contribution in [1.29, 1.82) is 0 Å². The molecule has 1 N–H and O–H groups in total. The van der Waals surface area contributed by atoms with Gasteiger partial charge in [0, 0.05) is 30.5 Å². The number of nitrogens with one attached hydrogen (secondary N) is 1. The Balaban J connectivity index is 1.48. The Labute approximate surface area is 142 Å². The van der Waals surface area contributed by atoms with Crippen LogP contribution in [-0.4, -0.2) is 35.8 Å². The van der Waals surface area contributed by atoms with Crippen LogP contribution in [0.2, 0.25) is 5.02 Å². The molecule has 1 atom stereocenters. The van der Waals surface area contributed by atoms with E-state index in [0.29, 0.717) is 19.5 Å². The lowest BCUT2D eigenvalue weighted by Gasteiger charge is -2.18. The van der Waals surface area contributed by atoms with E-state index in [9.17, 15) is 9.59 Å². The fraction of sp³-hybridized carbons (Fsp3) is 0.556. The number of halogens is 1. The summed E-state index contributed by atoms with van der Waals surface area (Å²) in [6, 6.07) is 7.69. The number of rotatable bonds is 5.